The molecule has 0 radical (unpaired) electrons. The van der Waals surface area contributed by atoms with Gasteiger partial charge in [-0.3, -0.25) is 4.79 Å². The number of halogens is 1. The fourth-order valence-electron chi connectivity index (χ4n) is 2.32. The summed E-state index contributed by atoms with van der Waals surface area (Å²) in [6.07, 6.45) is 2.54. The molecule has 0 aromatic heterocycles. The monoisotopic (exact) mass is 262 g/mol. The molecule has 4 heteroatoms. The van der Waals surface area contributed by atoms with Gasteiger partial charge in [-0.1, -0.05) is 12.1 Å². The van der Waals surface area contributed by atoms with Gasteiger partial charge in [-0.25, -0.2) is 4.39 Å². The molecule has 0 saturated carbocycles. The first-order chi connectivity index (χ1) is 9.10. The maximum atomic E-state index is 13.1. The van der Waals surface area contributed by atoms with Gasteiger partial charge in [0.25, 0.3) is 0 Å². The third-order valence-electron chi connectivity index (χ3n) is 3.55. The average molecular weight is 262 g/mol. The summed E-state index contributed by atoms with van der Waals surface area (Å²) >= 11 is 0. The van der Waals surface area contributed by atoms with Crippen molar-refractivity contribution in [2.75, 3.05) is 19.6 Å². The molecule has 0 spiro atoms. The van der Waals surface area contributed by atoms with Crippen LogP contribution in [-0.4, -0.2) is 30.4 Å². The molecule has 1 aliphatic rings. The molecule has 1 amide bonds. The second kappa shape index (κ2) is 5.97. The first kappa shape index (κ1) is 13.7. The number of benzene rings is 1. The number of likely N-dealkylation sites (tertiary alicyclic amines) is 1. The van der Waals surface area contributed by atoms with Crippen molar-refractivity contribution in [2.24, 2.45) is 11.7 Å². The van der Waals surface area contributed by atoms with Crippen LogP contribution in [0.2, 0.25) is 0 Å². The summed E-state index contributed by atoms with van der Waals surface area (Å²) in [6.45, 7) is 3.93. The third-order valence-corrected chi connectivity index (χ3v) is 3.55. The van der Waals surface area contributed by atoms with Gasteiger partial charge in [-0.05, 0) is 49.1 Å². The first-order valence-corrected chi connectivity index (χ1v) is 6.53. The van der Waals surface area contributed by atoms with Gasteiger partial charge in [0.15, 0.2) is 0 Å². The maximum Gasteiger partial charge on any atom is 0.246 e. The summed E-state index contributed by atoms with van der Waals surface area (Å²) in [5.74, 6) is 0.103. The normalized spacial score (nSPS) is 19.8. The van der Waals surface area contributed by atoms with E-state index in [4.69, 9.17) is 5.73 Å². The van der Waals surface area contributed by atoms with Crippen LogP contribution in [-0.2, 0) is 4.79 Å². The van der Waals surface area contributed by atoms with Gasteiger partial charge in [0.2, 0.25) is 5.91 Å². The number of hydrogen-bond acceptors (Lipinski definition) is 2. The van der Waals surface area contributed by atoms with Crippen molar-refractivity contribution >= 4 is 11.5 Å². The van der Waals surface area contributed by atoms with Gasteiger partial charge in [0.1, 0.15) is 5.82 Å². The smallest absolute Gasteiger partial charge is 0.246 e. The summed E-state index contributed by atoms with van der Waals surface area (Å²) in [5, 5.41) is 0. The molecular weight excluding hydrogens is 243 g/mol. The van der Waals surface area contributed by atoms with E-state index in [1.807, 2.05) is 6.92 Å². The molecule has 2 N–H and O–H groups in total. The number of carbonyl (C=O) groups is 1. The molecule has 1 aliphatic heterocycles. The van der Waals surface area contributed by atoms with E-state index in [1.54, 1.807) is 23.1 Å². The minimum Gasteiger partial charge on any atom is -0.339 e. The zero-order valence-electron chi connectivity index (χ0n) is 11.1. The zero-order chi connectivity index (χ0) is 13.8. The van der Waals surface area contributed by atoms with Gasteiger partial charge in [-0.2, -0.15) is 0 Å². The Balaban J connectivity index is 2.06. The molecule has 19 heavy (non-hydrogen) atoms. The average Bonchev–Trinajstić information content (AvgIpc) is 2.87. The Labute approximate surface area is 112 Å². The highest BCUT2D eigenvalue weighted by Crippen LogP contribution is 2.18. The molecule has 1 aromatic rings. The second-order valence-corrected chi connectivity index (χ2v) is 5.01. The number of carbonyl (C=O) groups excluding carboxylic acids is 1. The predicted octanol–water partition coefficient (Wildman–Crippen LogP) is 2.04. The molecule has 102 valence electrons. The molecule has 0 aliphatic carbocycles. The molecule has 0 bridgehead atoms. The highest BCUT2D eigenvalue weighted by atomic mass is 19.1. The van der Waals surface area contributed by atoms with E-state index >= 15 is 0 Å². The predicted molar refractivity (Wildman–Crippen MR) is 73.8 cm³/mol. The number of nitrogens with zero attached hydrogens (tertiary/aromatic N) is 1. The minimum absolute atomic E-state index is 0.0160. The first-order valence-electron chi connectivity index (χ1n) is 6.53. The summed E-state index contributed by atoms with van der Waals surface area (Å²) in [6, 6.07) is 6.28. The van der Waals surface area contributed by atoms with Crippen LogP contribution >= 0.6 is 0 Å². The van der Waals surface area contributed by atoms with Crippen molar-refractivity contribution in [1.82, 2.24) is 4.90 Å². The van der Waals surface area contributed by atoms with E-state index in [9.17, 15) is 9.18 Å². The van der Waals surface area contributed by atoms with Crippen molar-refractivity contribution in [3.8, 4) is 0 Å². The van der Waals surface area contributed by atoms with Gasteiger partial charge in [0, 0.05) is 19.2 Å². The lowest BCUT2D eigenvalue weighted by molar-refractivity contribution is -0.125. The van der Waals surface area contributed by atoms with E-state index < -0.39 is 0 Å². The molecule has 1 atom stereocenters. The van der Waals surface area contributed by atoms with E-state index in [-0.39, 0.29) is 11.7 Å². The van der Waals surface area contributed by atoms with Crippen molar-refractivity contribution < 1.29 is 9.18 Å². The Kier molecular flexibility index (Phi) is 4.32. The van der Waals surface area contributed by atoms with Crippen LogP contribution in [0.15, 0.2) is 30.3 Å². The lowest BCUT2D eigenvalue weighted by Crippen LogP contribution is -2.28. The summed E-state index contributed by atoms with van der Waals surface area (Å²) in [7, 11) is 0. The van der Waals surface area contributed by atoms with Crippen LogP contribution in [0.5, 0.6) is 0 Å². The molecule has 1 aromatic carbocycles. The van der Waals surface area contributed by atoms with Crippen molar-refractivity contribution in [3.63, 3.8) is 0 Å². The molecule has 1 heterocycles. The van der Waals surface area contributed by atoms with Crippen LogP contribution in [0, 0.1) is 11.7 Å². The minimum atomic E-state index is -0.290. The Morgan fingerprint density at radius 2 is 2.37 bits per heavy atom. The Morgan fingerprint density at radius 3 is 3.00 bits per heavy atom. The Hall–Kier alpha value is -1.68. The molecule has 1 saturated heterocycles. The Morgan fingerprint density at radius 1 is 1.58 bits per heavy atom. The fourth-order valence-corrected chi connectivity index (χ4v) is 2.32. The molecule has 1 fully saturated rings. The van der Waals surface area contributed by atoms with Crippen LogP contribution < -0.4 is 5.73 Å². The fraction of sp³-hybridized carbons (Fsp3) is 0.400. The molecule has 2 rings (SSSR count). The van der Waals surface area contributed by atoms with Crippen LogP contribution in [0.25, 0.3) is 5.57 Å². The van der Waals surface area contributed by atoms with E-state index in [0.717, 1.165) is 30.6 Å². The van der Waals surface area contributed by atoms with Gasteiger partial charge in [0.05, 0.1) is 0 Å². The number of hydrogen-bond donors (Lipinski definition) is 1. The van der Waals surface area contributed by atoms with Gasteiger partial charge >= 0.3 is 0 Å². The van der Waals surface area contributed by atoms with Crippen LogP contribution in [0.4, 0.5) is 4.39 Å². The number of nitrogens with two attached hydrogens (primary N) is 1. The summed E-state index contributed by atoms with van der Waals surface area (Å²) in [5.41, 5.74) is 7.13. The van der Waals surface area contributed by atoms with E-state index in [0.29, 0.717) is 12.5 Å². The maximum absolute atomic E-state index is 13.1. The Bertz CT molecular complexity index is 499. The quantitative estimate of drug-likeness (QED) is 0.847. The zero-order valence-corrected chi connectivity index (χ0v) is 11.1. The molecule has 3 nitrogen and oxygen atoms in total. The lowest BCUT2D eigenvalue weighted by Gasteiger charge is -2.14. The van der Waals surface area contributed by atoms with E-state index in [1.165, 1.54) is 12.1 Å². The van der Waals surface area contributed by atoms with Crippen LogP contribution in [0.3, 0.4) is 0 Å². The van der Waals surface area contributed by atoms with Gasteiger partial charge in [-0.15, -0.1) is 0 Å². The topological polar surface area (TPSA) is 46.3 Å². The number of amides is 1. The second-order valence-electron chi connectivity index (χ2n) is 5.01. The highest BCUT2D eigenvalue weighted by molar-refractivity contribution is 5.95. The lowest BCUT2D eigenvalue weighted by atomic mass is 10.1. The summed E-state index contributed by atoms with van der Waals surface area (Å²) in [4.78, 5) is 13.9. The van der Waals surface area contributed by atoms with Gasteiger partial charge < -0.3 is 10.6 Å². The van der Waals surface area contributed by atoms with Crippen molar-refractivity contribution in [2.45, 2.75) is 13.3 Å². The van der Waals surface area contributed by atoms with Crippen molar-refractivity contribution in [3.05, 3.63) is 41.7 Å². The van der Waals surface area contributed by atoms with Crippen molar-refractivity contribution in [1.29, 1.82) is 0 Å². The third kappa shape index (κ3) is 3.41. The SMILES string of the molecule is CC(=CC(=O)N1CCC(CN)C1)c1cccc(F)c1. The largest absolute Gasteiger partial charge is 0.339 e. The standard InChI is InChI=1S/C15H19FN2O/c1-11(13-3-2-4-14(16)8-13)7-15(19)18-6-5-12(9-17)10-18/h2-4,7-8,12H,5-6,9-10,17H2,1H3. The van der Waals surface area contributed by atoms with E-state index in [2.05, 4.69) is 0 Å². The highest BCUT2D eigenvalue weighted by Gasteiger charge is 2.24. The van der Waals surface area contributed by atoms with Crippen LogP contribution in [0.1, 0.15) is 18.9 Å². The number of rotatable bonds is 3. The molecule has 1 unspecified atom stereocenters. The number of allylic oxidation sites excluding steroid dienone is 1. The molecular formula is C15H19FN2O. The summed E-state index contributed by atoms with van der Waals surface area (Å²) < 4.78 is 13.1.